The molecule has 11 heteroatoms. The number of carbonyl (C=O) groups excluding carboxylic acids is 2. The lowest BCUT2D eigenvalue weighted by atomic mass is 10.0. The number of hydrogen-bond donors (Lipinski definition) is 1. The molecule has 0 aliphatic rings. The van der Waals surface area contributed by atoms with Crippen molar-refractivity contribution in [2.24, 2.45) is 0 Å². The van der Waals surface area contributed by atoms with E-state index in [1.807, 2.05) is 27.7 Å². The third kappa shape index (κ3) is 9.27. The molecule has 2 aromatic rings. The Labute approximate surface area is 222 Å². The lowest BCUT2D eigenvalue weighted by molar-refractivity contribution is -0.142. The summed E-state index contributed by atoms with van der Waals surface area (Å²) in [6, 6.07) is 8.99. The van der Waals surface area contributed by atoms with E-state index >= 15 is 0 Å². The molecule has 0 saturated heterocycles. The van der Waals surface area contributed by atoms with Gasteiger partial charge in [-0.1, -0.05) is 30.7 Å². The van der Waals surface area contributed by atoms with Gasteiger partial charge >= 0.3 is 0 Å². The maximum Gasteiger partial charge on any atom is 0.243 e. The van der Waals surface area contributed by atoms with E-state index in [4.69, 9.17) is 11.6 Å². The van der Waals surface area contributed by atoms with Crippen LogP contribution in [-0.4, -0.2) is 49.5 Å². The Kier molecular flexibility index (Phi) is 10.5. The summed E-state index contributed by atoms with van der Waals surface area (Å²) in [6.45, 7) is 7.38. The first kappa shape index (κ1) is 30.5. The van der Waals surface area contributed by atoms with Gasteiger partial charge in [0.25, 0.3) is 0 Å². The zero-order chi connectivity index (χ0) is 28.0. The van der Waals surface area contributed by atoms with Crippen molar-refractivity contribution in [1.82, 2.24) is 10.2 Å². The summed E-state index contributed by atoms with van der Waals surface area (Å²) in [6.07, 6.45) is 1.35. The van der Waals surface area contributed by atoms with Crippen molar-refractivity contribution in [3.8, 4) is 0 Å². The summed E-state index contributed by atoms with van der Waals surface area (Å²) in [7, 11) is -3.83. The number of sulfonamides is 1. The molecule has 7 nitrogen and oxygen atoms in total. The molecule has 0 heterocycles. The van der Waals surface area contributed by atoms with Crippen LogP contribution in [0, 0.1) is 11.6 Å². The van der Waals surface area contributed by atoms with Gasteiger partial charge in [0.15, 0.2) is 11.6 Å². The summed E-state index contributed by atoms with van der Waals surface area (Å²) in [5, 5.41) is 3.46. The maximum atomic E-state index is 13.7. The van der Waals surface area contributed by atoms with Crippen LogP contribution in [0.25, 0.3) is 0 Å². The van der Waals surface area contributed by atoms with E-state index in [2.05, 4.69) is 5.32 Å². The van der Waals surface area contributed by atoms with Gasteiger partial charge < -0.3 is 10.2 Å². The maximum absolute atomic E-state index is 13.7. The molecule has 0 aromatic heterocycles. The van der Waals surface area contributed by atoms with E-state index < -0.39 is 33.2 Å². The third-order valence-corrected chi connectivity index (χ3v) is 6.94. The van der Waals surface area contributed by atoms with E-state index in [1.165, 1.54) is 4.90 Å². The normalized spacial score (nSPS) is 12.6. The predicted molar refractivity (Wildman–Crippen MR) is 142 cm³/mol. The molecule has 0 aliphatic carbocycles. The highest BCUT2D eigenvalue weighted by Gasteiger charge is 2.30. The van der Waals surface area contributed by atoms with E-state index in [1.54, 1.807) is 24.3 Å². The Bertz CT molecular complexity index is 1200. The molecule has 0 aliphatic heterocycles. The standard InChI is InChI=1S/C26H34ClF2N3O4S/c1-6-23(25(34)30-26(2,3)4)31(17-18-9-11-19(27)12-10-18)24(33)8-7-15-32(37(5,35)36)20-13-14-21(28)22(29)16-20/h9-14,16,23H,6-8,15,17H2,1-5H3,(H,30,34)/t23-/m0/s1. The fourth-order valence-electron chi connectivity index (χ4n) is 3.80. The molecule has 2 rings (SSSR count). The van der Waals surface area contributed by atoms with Crippen molar-refractivity contribution in [3.05, 3.63) is 64.7 Å². The van der Waals surface area contributed by atoms with Crippen molar-refractivity contribution in [1.29, 1.82) is 0 Å². The Balaban J connectivity index is 2.25. The van der Waals surface area contributed by atoms with Crippen LogP contribution < -0.4 is 9.62 Å². The molecule has 1 atom stereocenters. The first-order chi connectivity index (χ1) is 17.1. The number of halogens is 3. The molecule has 204 valence electrons. The van der Waals surface area contributed by atoms with E-state index in [0.717, 1.165) is 34.3 Å². The SMILES string of the molecule is CC[C@@H](C(=O)NC(C)(C)C)N(Cc1ccc(Cl)cc1)C(=O)CCCN(c1ccc(F)c(F)c1)S(C)(=O)=O. The van der Waals surface area contributed by atoms with Crippen molar-refractivity contribution < 1.29 is 26.8 Å². The van der Waals surface area contributed by atoms with Crippen LogP contribution in [0.3, 0.4) is 0 Å². The quantitative estimate of drug-likeness (QED) is 0.426. The molecule has 0 unspecified atom stereocenters. The van der Waals surface area contributed by atoms with Crippen molar-refractivity contribution in [2.45, 2.75) is 65.1 Å². The minimum Gasteiger partial charge on any atom is -0.350 e. The van der Waals surface area contributed by atoms with Gasteiger partial charge in [0.2, 0.25) is 21.8 Å². The Morgan fingerprint density at radius 1 is 1.05 bits per heavy atom. The molecular formula is C26H34ClF2N3O4S. The number of rotatable bonds is 11. The van der Waals surface area contributed by atoms with E-state index in [9.17, 15) is 26.8 Å². The summed E-state index contributed by atoms with van der Waals surface area (Å²) >= 11 is 5.98. The van der Waals surface area contributed by atoms with Crippen molar-refractivity contribution in [3.63, 3.8) is 0 Å². The number of benzene rings is 2. The summed E-state index contributed by atoms with van der Waals surface area (Å²) in [4.78, 5) is 27.9. The monoisotopic (exact) mass is 557 g/mol. The first-order valence-corrected chi connectivity index (χ1v) is 14.1. The molecular weight excluding hydrogens is 524 g/mol. The second-order valence-corrected chi connectivity index (χ2v) is 12.2. The van der Waals surface area contributed by atoms with E-state index in [0.29, 0.717) is 11.4 Å². The van der Waals surface area contributed by atoms with Crippen LogP contribution in [0.4, 0.5) is 14.5 Å². The van der Waals surface area contributed by atoms with Crippen LogP contribution in [0.1, 0.15) is 52.5 Å². The summed E-state index contributed by atoms with van der Waals surface area (Å²) in [5.74, 6) is -2.90. The van der Waals surface area contributed by atoms with Crippen LogP contribution in [-0.2, 0) is 26.2 Å². The molecule has 0 saturated carbocycles. The van der Waals surface area contributed by atoms with Crippen LogP contribution in [0.15, 0.2) is 42.5 Å². The van der Waals surface area contributed by atoms with Crippen molar-refractivity contribution in [2.75, 3.05) is 17.1 Å². The lowest BCUT2D eigenvalue weighted by Gasteiger charge is -2.33. The van der Waals surface area contributed by atoms with Gasteiger partial charge in [-0.05, 0) is 63.4 Å². The number of hydrogen-bond acceptors (Lipinski definition) is 4. The molecule has 37 heavy (non-hydrogen) atoms. The third-order valence-electron chi connectivity index (χ3n) is 5.49. The van der Waals surface area contributed by atoms with Crippen LogP contribution in [0.5, 0.6) is 0 Å². The molecule has 1 N–H and O–H groups in total. The van der Waals surface area contributed by atoms with Crippen LogP contribution >= 0.6 is 11.6 Å². The van der Waals surface area contributed by atoms with Gasteiger partial charge in [-0.25, -0.2) is 17.2 Å². The predicted octanol–water partition coefficient (Wildman–Crippen LogP) is 4.89. The minimum atomic E-state index is -3.83. The highest BCUT2D eigenvalue weighted by molar-refractivity contribution is 7.92. The van der Waals surface area contributed by atoms with Gasteiger partial charge in [-0.15, -0.1) is 0 Å². The number of nitrogens with one attached hydrogen (secondary N) is 1. The Morgan fingerprint density at radius 3 is 2.19 bits per heavy atom. The largest absolute Gasteiger partial charge is 0.350 e. The second-order valence-electron chi connectivity index (χ2n) is 9.85. The number of anilines is 1. The van der Waals surface area contributed by atoms with E-state index in [-0.39, 0.29) is 43.4 Å². The lowest BCUT2D eigenvalue weighted by Crippen LogP contribution is -2.53. The molecule has 0 fully saturated rings. The summed E-state index contributed by atoms with van der Waals surface area (Å²) < 4.78 is 52.7. The highest BCUT2D eigenvalue weighted by Crippen LogP contribution is 2.22. The Hall–Kier alpha value is -2.72. The number of carbonyl (C=O) groups is 2. The smallest absolute Gasteiger partial charge is 0.243 e. The molecule has 0 radical (unpaired) electrons. The minimum absolute atomic E-state index is 0.0390. The molecule has 2 aromatic carbocycles. The topological polar surface area (TPSA) is 86.8 Å². The fraction of sp³-hybridized carbons (Fsp3) is 0.462. The number of nitrogens with zero attached hydrogens (tertiary/aromatic N) is 2. The summed E-state index contributed by atoms with van der Waals surface area (Å²) in [5.41, 5.74) is 0.238. The molecule has 2 amide bonds. The zero-order valence-corrected chi connectivity index (χ0v) is 23.3. The average Bonchev–Trinajstić information content (AvgIpc) is 2.77. The van der Waals surface area contributed by atoms with Gasteiger partial charge in [0.05, 0.1) is 11.9 Å². The van der Waals surface area contributed by atoms with Crippen molar-refractivity contribution >= 4 is 39.1 Å². The highest BCUT2D eigenvalue weighted by atomic mass is 35.5. The number of amides is 2. The van der Waals surface area contributed by atoms with Gasteiger partial charge in [-0.3, -0.25) is 13.9 Å². The van der Waals surface area contributed by atoms with Gasteiger partial charge in [-0.2, -0.15) is 0 Å². The second kappa shape index (κ2) is 12.7. The molecule has 0 bridgehead atoms. The average molecular weight is 558 g/mol. The first-order valence-electron chi connectivity index (χ1n) is 11.9. The molecule has 0 spiro atoms. The Morgan fingerprint density at radius 2 is 1.68 bits per heavy atom. The zero-order valence-electron chi connectivity index (χ0n) is 21.7. The fourth-order valence-corrected chi connectivity index (χ4v) is 4.89. The van der Waals surface area contributed by atoms with Gasteiger partial charge in [0, 0.05) is 36.1 Å². The van der Waals surface area contributed by atoms with Crippen LogP contribution in [0.2, 0.25) is 5.02 Å². The van der Waals surface area contributed by atoms with Gasteiger partial charge in [0.1, 0.15) is 6.04 Å².